The van der Waals surface area contributed by atoms with Crippen LogP contribution in [-0.2, 0) is 4.79 Å². The van der Waals surface area contributed by atoms with Crippen molar-refractivity contribution >= 4 is 45.7 Å². The molecule has 4 rings (SSSR count). The molecule has 0 fully saturated rings. The van der Waals surface area contributed by atoms with Crippen LogP contribution in [0.25, 0.3) is 11.5 Å². The summed E-state index contributed by atoms with van der Waals surface area (Å²) in [6.07, 6.45) is 4.68. The zero-order valence-electron chi connectivity index (χ0n) is 14.6. The molecule has 29 heavy (non-hydrogen) atoms. The molecule has 12 heteroatoms. The van der Waals surface area contributed by atoms with E-state index in [9.17, 15) is 9.59 Å². The molecule has 0 saturated carbocycles. The van der Waals surface area contributed by atoms with E-state index in [1.807, 2.05) is 0 Å². The highest BCUT2D eigenvalue weighted by atomic mass is 32.2. The van der Waals surface area contributed by atoms with Crippen LogP contribution in [-0.4, -0.2) is 37.9 Å². The number of aromatic nitrogens is 4. The van der Waals surface area contributed by atoms with Crippen molar-refractivity contribution < 1.29 is 18.5 Å². The molecule has 0 radical (unpaired) electrons. The van der Waals surface area contributed by atoms with Crippen LogP contribution in [0.1, 0.15) is 10.5 Å². The number of carbonyl (C=O) groups excluding carboxylic acids is 2. The van der Waals surface area contributed by atoms with Gasteiger partial charge in [0.1, 0.15) is 0 Å². The Morgan fingerprint density at radius 3 is 2.86 bits per heavy atom. The number of nitrogens with zero attached hydrogens (tertiary/aromatic N) is 4. The Bertz CT molecular complexity index is 1110. The molecular formula is C17H12N6O4S2. The van der Waals surface area contributed by atoms with E-state index in [2.05, 4.69) is 31.0 Å². The molecule has 0 aromatic carbocycles. The van der Waals surface area contributed by atoms with Gasteiger partial charge in [0.05, 0.1) is 23.9 Å². The molecule has 0 unspecified atom stereocenters. The van der Waals surface area contributed by atoms with Crippen molar-refractivity contribution in [3.63, 3.8) is 0 Å². The number of furan rings is 1. The Labute approximate surface area is 171 Å². The molecule has 2 N–H and O–H groups in total. The molecule has 0 bridgehead atoms. The number of nitrogens with one attached hydrogen (secondary N) is 2. The van der Waals surface area contributed by atoms with Gasteiger partial charge in [-0.1, -0.05) is 28.3 Å². The van der Waals surface area contributed by atoms with Crippen LogP contribution >= 0.6 is 23.1 Å². The number of thioether (sulfide) groups is 1. The van der Waals surface area contributed by atoms with E-state index in [1.165, 1.54) is 24.1 Å². The summed E-state index contributed by atoms with van der Waals surface area (Å²) in [5, 5.41) is 17.2. The summed E-state index contributed by atoms with van der Waals surface area (Å²) in [4.78, 5) is 28.2. The van der Waals surface area contributed by atoms with Crippen molar-refractivity contribution in [2.24, 2.45) is 0 Å². The molecule has 0 aliphatic heterocycles. The van der Waals surface area contributed by atoms with Crippen LogP contribution in [0.2, 0.25) is 0 Å². The Balaban J connectivity index is 1.30. The lowest BCUT2D eigenvalue weighted by Crippen LogP contribution is -2.13. The molecule has 10 nitrogen and oxygen atoms in total. The molecule has 0 saturated heterocycles. The fraction of sp³-hybridized carbons (Fsp3) is 0.0588. The number of pyridine rings is 1. The van der Waals surface area contributed by atoms with Crippen LogP contribution in [0.5, 0.6) is 0 Å². The predicted octanol–water partition coefficient (Wildman–Crippen LogP) is 3.16. The molecule has 4 aromatic rings. The molecule has 0 spiro atoms. The van der Waals surface area contributed by atoms with Crippen LogP contribution < -0.4 is 10.6 Å². The summed E-state index contributed by atoms with van der Waals surface area (Å²) in [5.74, 6) is 0.266. The molecule has 0 aliphatic carbocycles. The summed E-state index contributed by atoms with van der Waals surface area (Å²) in [5.41, 5.74) is 0.696. The van der Waals surface area contributed by atoms with Crippen molar-refractivity contribution in [1.29, 1.82) is 0 Å². The van der Waals surface area contributed by atoms with Crippen molar-refractivity contribution in [3.05, 3.63) is 54.7 Å². The summed E-state index contributed by atoms with van der Waals surface area (Å²) in [6, 6.07) is 8.34. The smallest absolute Gasteiger partial charge is 0.279 e. The minimum Gasteiger partial charge on any atom is -0.461 e. The van der Waals surface area contributed by atoms with Gasteiger partial charge in [-0.25, -0.2) is 0 Å². The Morgan fingerprint density at radius 1 is 1.14 bits per heavy atom. The maximum absolute atomic E-state index is 12.3. The van der Waals surface area contributed by atoms with Crippen LogP contribution in [0, 0.1) is 0 Å². The maximum Gasteiger partial charge on any atom is 0.279 e. The second kappa shape index (κ2) is 8.67. The van der Waals surface area contributed by atoms with Gasteiger partial charge in [0.25, 0.3) is 5.91 Å². The third-order valence-corrected chi connectivity index (χ3v) is 5.38. The Kier molecular flexibility index (Phi) is 5.63. The lowest BCUT2D eigenvalue weighted by molar-refractivity contribution is -0.113. The first-order valence-electron chi connectivity index (χ1n) is 8.15. The summed E-state index contributed by atoms with van der Waals surface area (Å²) in [6.45, 7) is 0. The number of anilines is 2. The molecular weight excluding hydrogens is 416 g/mol. The molecule has 0 aliphatic rings. The van der Waals surface area contributed by atoms with Crippen molar-refractivity contribution in [3.8, 4) is 11.5 Å². The minimum absolute atomic E-state index is 0.0802. The molecule has 2 amide bonds. The van der Waals surface area contributed by atoms with Gasteiger partial charge in [-0.2, -0.15) is 0 Å². The third kappa shape index (κ3) is 4.86. The lowest BCUT2D eigenvalue weighted by Gasteiger charge is -2.02. The van der Waals surface area contributed by atoms with Gasteiger partial charge in [0.15, 0.2) is 15.8 Å². The van der Waals surface area contributed by atoms with E-state index in [0.29, 0.717) is 21.5 Å². The van der Waals surface area contributed by atoms with Crippen molar-refractivity contribution in [1.82, 2.24) is 20.3 Å². The van der Waals surface area contributed by atoms with Crippen LogP contribution in [0.4, 0.5) is 10.8 Å². The SMILES string of the molecule is O=C(CSc1nnc(NC(=O)c2cc(-c3ccco3)on2)s1)Nc1cccnc1. The number of amides is 2. The zero-order valence-corrected chi connectivity index (χ0v) is 16.2. The lowest BCUT2D eigenvalue weighted by atomic mass is 10.3. The standard InChI is InChI=1S/C17H12N6O4S2/c24-14(19-10-3-1-5-18-8-10)9-28-17-22-21-16(29-17)20-15(25)11-7-13(27-23-11)12-4-2-6-26-12/h1-8H,9H2,(H,19,24)(H,20,21,25). The highest BCUT2D eigenvalue weighted by Crippen LogP contribution is 2.26. The minimum atomic E-state index is -0.492. The normalized spacial score (nSPS) is 10.6. The monoisotopic (exact) mass is 428 g/mol. The fourth-order valence-corrected chi connectivity index (χ4v) is 3.70. The van der Waals surface area contributed by atoms with Crippen molar-refractivity contribution in [2.75, 3.05) is 16.4 Å². The van der Waals surface area contributed by atoms with Crippen LogP contribution in [0.15, 0.2) is 62.3 Å². The largest absolute Gasteiger partial charge is 0.461 e. The summed E-state index contributed by atoms with van der Waals surface area (Å²) < 4.78 is 10.8. The van der Waals surface area contributed by atoms with Gasteiger partial charge >= 0.3 is 0 Å². The Hall–Kier alpha value is -3.51. The summed E-state index contributed by atoms with van der Waals surface area (Å²) >= 11 is 2.36. The fourth-order valence-electron chi connectivity index (χ4n) is 2.16. The van der Waals surface area contributed by atoms with E-state index in [-0.39, 0.29) is 22.5 Å². The van der Waals surface area contributed by atoms with E-state index in [4.69, 9.17) is 8.94 Å². The number of rotatable bonds is 7. The molecule has 4 heterocycles. The van der Waals surface area contributed by atoms with E-state index in [1.54, 1.807) is 36.7 Å². The Morgan fingerprint density at radius 2 is 2.07 bits per heavy atom. The first-order chi connectivity index (χ1) is 14.2. The topological polar surface area (TPSA) is 136 Å². The molecule has 4 aromatic heterocycles. The quantitative estimate of drug-likeness (QED) is 0.336. The summed E-state index contributed by atoms with van der Waals surface area (Å²) in [7, 11) is 0. The first-order valence-corrected chi connectivity index (χ1v) is 9.96. The number of hydrogen-bond acceptors (Lipinski definition) is 10. The maximum atomic E-state index is 12.3. The second-order valence-corrected chi connectivity index (χ2v) is 7.66. The van der Waals surface area contributed by atoms with Gasteiger partial charge in [0.2, 0.25) is 16.8 Å². The van der Waals surface area contributed by atoms with Gasteiger partial charge < -0.3 is 14.3 Å². The van der Waals surface area contributed by atoms with Crippen molar-refractivity contribution in [2.45, 2.75) is 4.34 Å². The third-order valence-electron chi connectivity index (χ3n) is 3.41. The average Bonchev–Trinajstić information content (AvgIpc) is 3.48. The predicted molar refractivity (Wildman–Crippen MR) is 106 cm³/mol. The van der Waals surface area contributed by atoms with Gasteiger partial charge in [-0.05, 0) is 24.3 Å². The van der Waals surface area contributed by atoms with Gasteiger partial charge in [-0.3, -0.25) is 19.9 Å². The first kappa shape index (κ1) is 18.8. The van der Waals surface area contributed by atoms with E-state index >= 15 is 0 Å². The number of hydrogen-bond donors (Lipinski definition) is 2. The zero-order chi connectivity index (χ0) is 20.1. The van der Waals surface area contributed by atoms with E-state index in [0.717, 1.165) is 11.3 Å². The average molecular weight is 428 g/mol. The highest BCUT2D eigenvalue weighted by Gasteiger charge is 2.17. The van der Waals surface area contributed by atoms with Gasteiger partial charge in [0, 0.05) is 12.3 Å². The molecule has 0 atom stereocenters. The second-order valence-electron chi connectivity index (χ2n) is 5.46. The highest BCUT2D eigenvalue weighted by molar-refractivity contribution is 8.01. The van der Waals surface area contributed by atoms with E-state index < -0.39 is 5.91 Å². The van der Waals surface area contributed by atoms with Crippen LogP contribution in [0.3, 0.4) is 0 Å². The van der Waals surface area contributed by atoms with Gasteiger partial charge in [-0.15, -0.1) is 10.2 Å². The number of carbonyl (C=O) groups is 2. The molecule has 146 valence electrons.